The molecule has 0 saturated carbocycles. The van der Waals surface area contributed by atoms with Crippen LogP contribution in [-0.2, 0) is 4.79 Å². The Bertz CT molecular complexity index is 830. The predicted octanol–water partition coefficient (Wildman–Crippen LogP) is 3.19. The summed E-state index contributed by atoms with van der Waals surface area (Å²) in [6.07, 6.45) is 2.01. The second kappa shape index (κ2) is 7.82. The molecule has 0 aromatic heterocycles. The number of aliphatic carboxylic acids is 1. The Morgan fingerprint density at radius 1 is 1.15 bits per heavy atom. The quantitative estimate of drug-likeness (QED) is 0.714. The third-order valence-corrected chi connectivity index (χ3v) is 4.35. The number of carboxylic acids is 1. The average Bonchev–Trinajstić information content (AvgIpc) is 3.05. The molecule has 1 aliphatic heterocycles. The van der Waals surface area contributed by atoms with Gasteiger partial charge in [0.25, 0.3) is 5.91 Å². The van der Waals surface area contributed by atoms with Gasteiger partial charge in [-0.2, -0.15) is 0 Å². The van der Waals surface area contributed by atoms with Crippen LogP contribution >= 0.6 is 0 Å². The molecule has 0 fully saturated rings. The molecule has 26 heavy (non-hydrogen) atoms. The summed E-state index contributed by atoms with van der Waals surface area (Å²) >= 11 is 0. The number of carbonyl (C=O) groups is 2. The van der Waals surface area contributed by atoms with Crippen LogP contribution in [0, 0.1) is 0 Å². The van der Waals surface area contributed by atoms with E-state index in [1.807, 2.05) is 31.2 Å². The Balaban J connectivity index is 1.68. The van der Waals surface area contributed by atoms with Gasteiger partial charge in [-0.25, -0.2) is 4.79 Å². The minimum Gasteiger partial charge on any atom is -0.480 e. The van der Waals surface area contributed by atoms with Gasteiger partial charge in [0.2, 0.25) is 0 Å². The van der Waals surface area contributed by atoms with Gasteiger partial charge < -0.3 is 15.7 Å². The number of hydrogen-bond acceptors (Lipinski definition) is 4. The van der Waals surface area contributed by atoms with Crippen LogP contribution in [0.25, 0.3) is 0 Å². The number of fused-ring (bicyclic) bond motifs is 1. The van der Waals surface area contributed by atoms with E-state index in [1.165, 1.54) is 0 Å². The summed E-state index contributed by atoms with van der Waals surface area (Å²) in [5, 5.41) is 15.3. The summed E-state index contributed by atoms with van der Waals surface area (Å²) < 4.78 is 0. The zero-order valence-electron chi connectivity index (χ0n) is 14.5. The Kier molecular flexibility index (Phi) is 5.31. The fraction of sp³-hybridized carbons (Fsp3) is 0.250. The van der Waals surface area contributed by atoms with Crippen molar-refractivity contribution in [2.45, 2.75) is 25.3 Å². The number of rotatable bonds is 7. The van der Waals surface area contributed by atoms with Crippen molar-refractivity contribution >= 4 is 29.5 Å². The summed E-state index contributed by atoms with van der Waals surface area (Å²) in [5.41, 5.74) is 3.19. The topological polar surface area (TPSA) is 90.8 Å². The van der Waals surface area contributed by atoms with Crippen molar-refractivity contribution in [2.24, 2.45) is 4.99 Å². The van der Waals surface area contributed by atoms with E-state index in [0.29, 0.717) is 5.56 Å². The van der Waals surface area contributed by atoms with Crippen LogP contribution in [0.4, 0.5) is 11.4 Å². The fourth-order valence-corrected chi connectivity index (χ4v) is 3.02. The molecule has 6 nitrogen and oxygen atoms in total. The molecule has 2 aromatic carbocycles. The van der Waals surface area contributed by atoms with E-state index in [0.717, 1.165) is 23.5 Å². The van der Waals surface area contributed by atoms with E-state index in [-0.39, 0.29) is 12.3 Å². The number of benzene rings is 2. The molecule has 0 aliphatic carbocycles. The van der Waals surface area contributed by atoms with Crippen molar-refractivity contribution in [3.05, 3.63) is 59.7 Å². The van der Waals surface area contributed by atoms with Crippen LogP contribution in [-0.4, -0.2) is 35.8 Å². The first kappa shape index (κ1) is 17.7. The molecule has 1 heterocycles. The molecule has 1 amide bonds. The smallest absolute Gasteiger partial charge is 0.326 e. The Morgan fingerprint density at radius 3 is 2.58 bits per heavy atom. The molecule has 6 heteroatoms. The molecule has 0 bridgehead atoms. The number of anilines is 1. The number of nitrogens with one attached hydrogen (secondary N) is 2. The van der Waals surface area contributed by atoms with Gasteiger partial charge in [-0.3, -0.25) is 9.79 Å². The number of amides is 1. The number of carboxylic acid groups (broad SMARTS) is 1. The number of nitrogens with zero attached hydrogens (tertiary/aromatic N) is 1. The van der Waals surface area contributed by atoms with Gasteiger partial charge in [0.1, 0.15) is 6.04 Å². The van der Waals surface area contributed by atoms with Gasteiger partial charge in [-0.15, -0.1) is 0 Å². The van der Waals surface area contributed by atoms with Gasteiger partial charge in [0.15, 0.2) is 0 Å². The highest BCUT2D eigenvalue weighted by atomic mass is 16.4. The minimum atomic E-state index is -1.06. The van der Waals surface area contributed by atoms with Gasteiger partial charge in [0, 0.05) is 29.9 Å². The standard InChI is InChI=1S/C20H21N3O3/c1-2-21-15-9-7-13(8-10-15)19(24)23-18(20(25)26)11-14-12-22-17-6-4-3-5-16(14)17/h3-10,12,14,18,21H,2,11H2,1H3,(H,23,24)(H,25,26). The molecular formula is C20H21N3O3. The van der Waals surface area contributed by atoms with Gasteiger partial charge in [-0.1, -0.05) is 18.2 Å². The predicted molar refractivity (Wildman–Crippen MR) is 101 cm³/mol. The summed E-state index contributed by atoms with van der Waals surface area (Å²) in [7, 11) is 0. The molecule has 2 atom stereocenters. The molecule has 134 valence electrons. The van der Waals surface area contributed by atoms with E-state index < -0.39 is 17.9 Å². The zero-order chi connectivity index (χ0) is 18.5. The summed E-state index contributed by atoms with van der Waals surface area (Å²) in [6, 6.07) is 13.6. The van der Waals surface area contributed by atoms with Crippen LogP contribution in [0.2, 0.25) is 0 Å². The van der Waals surface area contributed by atoms with E-state index >= 15 is 0 Å². The maximum Gasteiger partial charge on any atom is 0.326 e. The van der Waals surface area contributed by atoms with Crippen molar-refractivity contribution in [2.75, 3.05) is 11.9 Å². The molecule has 2 unspecified atom stereocenters. The fourth-order valence-electron chi connectivity index (χ4n) is 3.02. The third-order valence-electron chi connectivity index (χ3n) is 4.35. The summed E-state index contributed by atoms with van der Waals surface area (Å²) in [4.78, 5) is 28.4. The molecule has 0 saturated heterocycles. The van der Waals surface area contributed by atoms with E-state index in [1.54, 1.807) is 30.5 Å². The van der Waals surface area contributed by atoms with Gasteiger partial charge in [-0.05, 0) is 49.2 Å². The molecule has 0 spiro atoms. The number of carbonyl (C=O) groups excluding carboxylic acids is 1. The molecular weight excluding hydrogens is 330 g/mol. The highest BCUT2D eigenvalue weighted by molar-refractivity contribution is 5.97. The SMILES string of the molecule is CCNc1ccc(C(=O)NC(CC2C=Nc3ccccc32)C(=O)O)cc1. The number of aliphatic imine (C=N–C) groups is 1. The molecule has 3 N–H and O–H groups in total. The second-order valence-electron chi connectivity index (χ2n) is 6.15. The minimum absolute atomic E-state index is 0.122. The van der Waals surface area contributed by atoms with Crippen molar-refractivity contribution in [3.8, 4) is 0 Å². The maximum atomic E-state index is 12.4. The molecule has 1 aliphatic rings. The highest BCUT2D eigenvalue weighted by Gasteiger charge is 2.28. The van der Waals surface area contributed by atoms with Crippen molar-refractivity contribution < 1.29 is 14.7 Å². The molecule has 0 radical (unpaired) electrons. The third kappa shape index (κ3) is 3.91. The second-order valence-corrected chi connectivity index (χ2v) is 6.15. The van der Waals surface area contributed by atoms with Crippen LogP contribution in [0.1, 0.15) is 35.2 Å². The van der Waals surface area contributed by atoms with Crippen molar-refractivity contribution in [1.29, 1.82) is 0 Å². The van der Waals surface area contributed by atoms with Crippen LogP contribution < -0.4 is 10.6 Å². The first-order valence-corrected chi connectivity index (χ1v) is 8.59. The van der Waals surface area contributed by atoms with E-state index in [9.17, 15) is 14.7 Å². The first-order chi connectivity index (χ1) is 12.6. The molecule has 2 aromatic rings. The maximum absolute atomic E-state index is 12.4. The molecule has 3 rings (SSSR count). The van der Waals surface area contributed by atoms with E-state index in [2.05, 4.69) is 15.6 Å². The Labute approximate surface area is 152 Å². The lowest BCUT2D eigenvalue weighted by molar-refractivity contribution is -0.139. The zero-order valence-corrected chi connectivity index (χ0v) is 14.5. The van der Waals surface area contributed by atoms with Crippen molar-refractivity contribution in [1.82, 2.24) is 5.32 Å². The lowest BCUT2D eigenvalue weighted by atomic mass is 9.93. The van der Waals surface area contributed by atoms with Crippen molar-refractivity contribution in [3.63, 3.8) is 0 Å². The summed E-state index contributed by atoms with van der Waals surface area (Å²) in [5.74, 6) is -1.58. The summed E-state index contributed by atoms with van der Waals surface area (Å²) in [6.45, 7) is 2.78. The van der Waals surface area contributed by atoms with Crippen LogP contribution in [0.3, 0.4) is 0 Å². The Morgan fingerprint density at radius 2 is 1.88 bits per heavy atom. The normalized spacial score (nSPS) is 16.0. The first-order valence-electron chi connectivity index (χ1n) is 8.59. The average molecular weight is 351 g/mol. The van der Waals surface area contributed by atoms with E-state index in [4.69, 9.17) is 0 Å². The number of para-hydroxylation sites is 1. The van der Waals surface area contributed by atoms with Crippen LogP contribution in [0.15, 0.2) is 53.5 Å². The monoisotopic (exact) mass is 351 g/mol. The lowest BCUT2D eigenvalue weighted by Crippen LogP contribution is -2.41. The van der Waals surface area contributed by atoms with Crippen LogP contribution in [0.5, 0.6) is 0 Å². The lowest BCUT2D eigenvalue weighted by Gasteiger charge is -2.18. The number of hydrogen-bond donors (Lipinski definition) is 3. The largest absolute Gasteiger partial charge is 0.480 e. The van der Waals surface area contributed by atoms with Gasteiger partial charge >= 0.3 is 5.97 Å². The highest BCUT2D eigenvalue weighted by Crippen LogP contribution is 2.34. The van der Waals surface area contributed by atoms with Gasteiger partial charge in [0.05, 0.1) is 5.69 Å². The Hall–Kier alpha value is -3.15.